The van der Waals surface area contributed by atoms with Crippen LogP contribution >= 0.6 is 22.9 Å². The van der Waals surface area contributed by atoms with Crippen LogP contribution < -0.4 is 4.74 Å². The van der Waals surface area contributed by atoms with Crippen molar-refractivity contribution in [1.29, 1.82) is 0 Å². The third kappa shape index (κ3) is 3.80. The number of aliphatic hydroxyl groups is 1. The topological polar surface area (TPSA) is 80.0 Å². The van der Waals surface area contributed by atoms with Crippen LogP contribution in [0.1, 0.15) is 53.2 Å². The quantitative estimate of drug-likeness (QED) is 0.309. The molecule has 0 bridgehead atoms. The number of ketones is 1. The van der Waals surface area contributed by atoms with E-state index in [-0.39, 0.29) is 11.3 Å². The van der Waals surface area contributed by atoms with E-state index in [1.807, 2.05) is 18.4 Å². The first kappa shape index (κ1) is 22.4. The van der Waals surface area contributed by atoms with Crippen LogP contribution in [-0.4, -0.2) is 35.4 Å². The molecule has 0 radical (unpaired) electrons. The highest BCUT2D eigenvalue weighted by molar-refractivity contribution is 7.10. The zero-order valence-corrected chi connectivity index (χ0v) is 19.7. The smallest absolute Gasteiger partial charge is 0.290 e. The van der Waals surface area contributed by atoms with Crippen LogP contribution in [0.15, 0.2) is 45.4 Å². The Bertz CT molecular complexity index is 1220. The van der Waals surface area contributed by atoms with E-state index in [1.165, 1.54) is 18.4 Å². The predicted molar refractivity (Wildman–Crippen MR) is 125 cm³/mol. The molecule has 2 aromatic heterocycles. The van der Waals surface area contributed by atoms with Crippen molar-refractivity contribution in [3.63, 3.8) is 0 Å². The lowest BCUT2D eigenvalue weighted by molar-refractivity contribution is -0.129. The first-order chi connectivity index (χ1) is 15.4. The molecule has 32 heavy (non-hydrogen) atoms. The van der Waals surface area contributed by atoms with Gasteiger partial charge in [0, 0.05) is 27.9 Å². The van der Waals surface area contributed by atoms with Crippen LogP contribution in [0.3, 0.4) is 0 Å². The molecule has 4 rings (SSSR count). The van der Waals surface area contributed by atoms with Crippen LogP contribution in [0.25, 0.3) is 11.0 Å². The molecule has 0 aliphatic carbocycles. The van der Waals surface area contributed by atoms with Crippen LogP contribution in [0.4, 0.5) is 0 Å². The molecule has 6 nitrogen and oxygen atoms in total. The first-order valence-corrected chi connectivity index (χ1v) is 11.7. The molecule has 3 aromatic rings. The van der Waals surface area contributed by atoms with Crippen molar-refractivity contribution in [2.45, 2.75) is 39.2 Å². The number of aliphatic hydroxyl groups excluding tert-OH is 1. The SMILES string of the molecule is CCCCCN1C(=O)C(O)=C(C(=O)c2cc3cc(Cl)cc(OC)c3o2)C1c1sccc1C. The maximum Gasteiger partial charge on any atom is 0.290 e. The van der Waals surface area contributed by atoms with E-state index in [4.69, 9.17) is 20.8 Å². The van der Waals surface area contributed by atoms with Crippen molar-refractivity contribution >= 4 is 45.6 Å². The lowest BCUT2D eigenvalue weighted by Crippen LogP contribution is -2.32. The van der Waals surface area contributed by atoms with Gasteiger partial charge in [0.1, 0.15) is 0 Å². The molecule has 1 amide bonds. The Hall–Kier alpha value is -2.77. The van der Waals surface area contributed by atoms with E-state index in [0.717, 1.165) is 29.7 Å². The number of carbonyl (C=O) groups is 2. The van der Waals surface area contributed by atoms with Gasteiger partial charge in [0.15, 0.2) is 22.9 Å². The largest absolute Gasteiger partial charge is 0.503 e. The standard InChI is InChI=1S/C24H24ClNO5S/c1-4-5-6-8-26-19(23-13(2)7-9-32-23)18(21(28)24(26)29)20(27)16-11-14-10-15(25)12-17(30-3)22(14)31-16/h7,9-12,19,28H,4-6,8H2,1-3H3. The summed E-state index contributed by atoms with van der Waals surface area (Å²) in [6, 6.07) is 6.14. The number of fused-ring (bicyclic) bond motifs is 1. The fourth-order valence-corrected chi connectivity index (χ4v) is 5.33. The minimum absolute atomic E-state index is 0.0181. The van der Waals surface area contributed by atoms with Crippen LogP contribution in [0.5, 0.6) is 5.75 Å². The molecular weight excluding hydrogens is 450 g/mol. The van der Waals surface area contributed by atoms with Crippen molar-refractivity contribution in [2.24, 2.45) is 0 Å². The van der Waals surface area contributed by atoms with Gasteiger partial charge in [-0.05, 0) is 42.5 Å². The predicted octanol–water partition coefficient (Wildman–Crippen LogP) is 6.23. The molecule has 1 unspecified atom stereocenters. The number of ether oxygens (including phenoxy) is 1. The van der Waals surface area contributed by atoms with E-state index < -0.39 is 23.5 Å². The van der Waals surface area contributed by atoms with Gasteiger partial charge in [-0.3, -0.25) is 9.59 Å². The van der Waals surface area contributed by atoms with Gasteiger partial charge in [0.05, 0.1) is 18.7 Å². The van der Waals surface area contributed by atoms with Gasteiger partial charge in [-0.1, -0.05) is 31.4 Å². The third-order valence-corrected chi connectivity index (χ3v) is 6.98. The summed E-state index contributed by atoms with van der Waals surface area (Å²) in [6.07, 6.45) is 2.74. The molecule has 1 N–H and O–H groups in total. The van der Waals surface area contributed by atoms with Crippen molar-refractivity contribution in [1.82, 2.24) is 4.90 Å². The van der Waals surface area contributed by atoms with E-state index in [0.29, 0.717) is 28.3 Å². The van der Waals surface area contributed by atoms with Crippen molar-refractivity contribution in [2.75, 3.05) is 13.7 Å². The van der Waals surface area contributed by atoms with Gasteiger partial charge in [-0.25, -0.2) is 0 Å². The fourth-order valence-electron chi connectivity index (χ4n) is 4.07. The molecular formula is C24H24ClNO5S. The Balaban J connectivity index is 1.79. The average molecular weight is 474 g/mol. The molecule has 0 fully saturated rings. The third-order valence-electron chi connectivity index (χ3n) is 5.69. The number of Topliss-reactive ketones (excluding diaryl/α,β-unsaturated/α-hetero) is 1. The number of unbranched alkanes of at least 4 members (excludes halogenated alkanes) is 2. The summed E-state index contributed by atoms with van der Waals surface area (Å²) in [5.74, 6) is -1.15. The molecule has 3 heterocycles. The second kappa shape index (κ2) is 9.00. The van der Waals surface area contributed by atoms with E-state index >= 15 is 0 Å². The van der Waals surface area contributed by atoms with Crippen LogP contribution in [0.2, 0.25) is 5.02 Å². The highest BCUT2D eigenvalue weighted by atomic mass is 35.5. The van der Waals surface area contributed by atoms with E-state index in [9.17, 15) is 14.7 Å². The van der Waals surface area contributed by atoms with Gasteiger partial charge in [-0.15, -0.1) is 11.3 Å². The van der Waals surface area contributed by atoms with E-state index in [2.05, 4.69) is 6.92 Å². The minimum atomic E-state index is -0.648. The number of benzene rings is 1. The number of hydrogen-bond acceptors (Lipinski definition) is 6. The summed E-state index contributed by atoms with van der Waals surface area (Å²) < 4.78 is 11.1. The number of nitrogens with zero attached hydrogens (tertiary/aromatic N) is 1. The summed E-state index contributed by atoms with van der Waals surface area (Å²) in [7, 11) is 1.49. The number of methoxy groups -OCH3 is 1. The molecule has 0 spiro atoms. The molecule has 1 aliphatic heterocycles. The average Bonchev–Trinajstić information content (AvgIpc) is 3.45. The molecule has 0 saturated heterocycles. The summed E-state index contributed by atoms with van der Waals surface area (Å²) in [6.45, 7) is 4.48. The van der Waals surface area contributed by atoms with Gasteiger partial charge < -0.3 is 19.2 Å². The fraction of sp³-hybridized carbons (Fsp3) is 0.333. The molecule has 1 atom stereocenters. The number of furan rings is 1. The Labute approximate surface area is 195 Å². The Morgan fingerprint density at radius 1 is 1.31 bits per heavy atom. The van der Waals surface area contributed by atoms with Gasteiger partial charge in [0.2, 0.25) is 5.78 Å². The van der Waals surface area contributed by atoms with Crippen molar-refractivity contribution in [3.05, 3.63) is 62.2 Å². The first-order valence-electron chi connectivity index (χ1n) is 10.5. The lowest BCUT2D eigenvalue weighted by Gasteiger charge is -2.26. The molecule has 1 aromatic carbocycles. The maximum absolute atomic E-state index is 13.6. The Kier molecular flexibility index (Phi) is 6.31. The van der Waals surface area contributed by atoms with Crippen LogP contribution in [0, 0.1) is 6.92 Å². The molecule has 1 aliphatic rings. The van der Waals surface area contributed by atoms with Gasteiger partial charge in [-0.2, -0.15) is 0 Å². The molecule has 8 heteroatoms. The second-order valence-electron chi connectivity index (χ2n) is 7.80. The summed E-state index contributed by atoms with van der Waals surface area (Å²) >= 11 is 7.61. The van der Waals surface area contributed by atoms with Gasteiger partial charge in [0.25, 0.3) is 5.91 Å². The maximum atomic E-state index is 13.6. The number of aryl methyl sites for hydroxylation is 1. The van der Waals surface area contributed by atoms with Crippen molar-refractivity contribution in [3.8, 4) is 5.75 Å². The summed E-state index contributed by atoms with van der Waals surface area (Å²) in [4.78, 5) is 29.0. The minimum Gasteiger partial charge on any atom is -0.503 e. The van der Waals surface area contributed by atoms with Gasteiger partial charge >= 0.3 is 0 Å². The number of halogens is 1. The zero-order valence-electron chi connectivity index (χ0n) is 18.1. The Morgan fingerprint density at radius 2 is 2.09 bits per heavy atom. The molecule has 168 valence electrons. The highest BCUT2D eigenvalue weighted by Gasteiger charge is 2.45. The van der Waals surface area contributed by atoms with E-state index in [1.54, 1.807) is 23.1 Å². The second-order valence-corrected chi connectivity index (χ2v) is 9.19. The number of thiophene rings is 1. The normalized spacial score (nSPS) is 16.4. The van der Waals surface area contributed by atoms with Crippen molar-refractivity contribution < 1.29 is 23.8 Å². The number of rotatable bonds is 8. The number of carbonyl (C=O) groups excluding carboxylic acids is 2. The summed E-state index contributed by atoms with van der Waals surface area (Å²) in [5, 5.41) is 13.8. The Morgan fingerprint density at radius 3 is 2.75 bits per heavy atom. The monoisotopic (exact) mass is 473 g/mol. The molecule has 0 saturated carbocycles. The highest BCUT2D eigenvalue weighted by Crippen LogP contribution is 2.43. The summed E-state index contributed by atoms with van der Waals surface area (Å²) in [5.41, 5.74) is 1.39. The number of amides is 1. The van der Waals surface area contributed by atoms with Crippen LogP contribution in [-0.2, 0) is 4.79 Å². The number of hydrogen-bond donors (Lipinski definition) is 1. The lowest BCUT2D eigenvalue weighted by atomic mass is 9.98. The zero-order chi connectivity index (χ0) is 23.0.